The van der Waals surface area contributed by atoms with E-state index in [4.69, 9.17) is 18.5 Å². The minimum atomic E-state index is -3.53. The second kappa shape index (κ2) is 11.1. The quantitative estimate of drug-likeness (QED) is 0.363. The van der Waals surface area contributed by atoms with E-state index < -0.39 is 25.5 Å². The molecule has 8 heteroatoms. The molecule has 0 radical (unpaired) electrons. The van der Waals surface area contributed by atoms with E-state index in [1.54, 1.807) is 20.8 Å². The zero-order valence-electron chi connectivity index (χ0n) is 16.7. The molecule has 2 atom stereocenters. The lowest BCUT2D eigenvalue weighted by Gasteiger charge is -2.28. The van der Waals surface area contributed by atoms with E-state index >= 15 is 0 Å². The van der Waals surface area contributed by atoms with Crippen molar-refractivity contribution in [1.82, 2.24) is 0 Å². The smallest absolute Gasteiger partial charge is 0.359 e. The number of nitriles is 1. The van der Waals surface area contributed by atoms with Gasteiger partial charge in [-0.3, -0.25) is 4.57 Å². The van der Waals surface area contributed by atoms with Crippen LogP contribution in [0.3, 0.4) is 0 Å². The molecule has 2 unspecified atom stereocenters. The van der Waals surface area contributed by atoms with Gasteiger partial charge in [-0.15, -0.1) is 0 Å². The Kier molecular flexibility index (Phi) is 8.81. The number of rotatable bonds is 11. The van der Waals surface area contributed by atoms with E-state index in [9.17, 15) is 14.2 Å². The van der Waals surface area contributed by atoms with Crippen LogP contribution in [0.1, 0.15) is 31.9 Å². The highest BCUT2D eigenvalue weighted by atomic mass is 31.2. The fourth-order valence-electron chi connectivity index (χ4n) is 2.66. The number of halogens is 1. The Balaban J connectivity index is 2.28. The summed E-state index contributed by atoms with van der Waals surface area (Å²) >= 11 is 0. The Morgan fingerprint density at radius 3 is 2.34 bits per heavy atom. The van der Waals surface area contributed by atoms with Crippen molar-refractivity contribution in [3.8, 4) is 11.8 Å². The van der Waals surface area contributed by atoms with Gasteiger partial charge in [0, 0.05) is 6.42 Å². The van der Waals surface area contributed by atoms with E-state index in [0.717, 1.165) is 11.6 Å². The zero-order valence-corrected chi connectivity index (χ0v) is 17.6. The van der Waals surface area contributed by atoms with Crippen molar-refractivity contribution in [2.75, 3.05) is 13.2 Å². The van der Waals surface area contributed by atoms with Crippen molar-refractivity contribution in [3.05, 3.63) is 65.5 Å². The summed E-state index contributed by atoms with van der Waals surface area (Å²) in [4.78, 5) is 0. The first-order valence-electron chi connectivity index (χ1n) is 9.36. The van der Waals surface area contributed by atoms with E-state index in [2.05, 4.69) is 0 Å². The van der Waals surface area contributed by atoms with Crippen molar-refractivity contribution in [2.24, 2.45) is 0 Å². The first kappa shape index (κ1) is 23.1. The molecular formula is C21H25FNO5P. The third kappa shape index (κ3) is 6.66. The van der Waals surface area contributed by atoms with Gasteiger partial charge < -0.3 is 18.5 Å². The van der Waals surface area contributed by atoms with Crippen LogP contribution in [0.5, 0.6) is 5.75 Å². The summed E-state index contributed by atoms with van der Waals surface area (Å²) in [5, 5.41) is 9.27. The van der Waals surface area contributed by atoms with Gasteiger partial charge in [-0.05, 0) is 44.5 Å². The van der Waals surface area contributed by atoms with Gasteiger partial charge in [0.2, 0.25) is 6.29 Å². The normalized spacial score (nSPS) is 13.5. The SMILES string of the molecule is CCOP(=O)(OCC)C(C)OC(Cc1ccccc1)Oc1ccc(F)cc1C#N. The van der Waals surface area contributed by atoms with Crippen LogP contribution >= 0.6 is 7.60 Å². The average Bonchev–Trinajstić information content (AvgIpc) is 2.70. The molecule has 0 amide bonds. The first-order chi connectivity index (χ1) is 13.9. The predicted octanol–water partition coefficient (Wildman–Crippen LogP) is 5.27. The molecule has 0 aliphatic carbocycles. The molecular weight excluding hydrogens is 396 g/mol. The monoisotopic (exact) mass is 421 g/mol. The van der Waals surface area contributed by atoms with Gasteiger partial charge in [0.25, 0.3) is 0 Å². The Morgan fingerprint density at radius 2 is 1.76 bits per heavy atom. The molecule has 2 aromatic carbocycles. The second-order valence-electron chi connectivity index (χ2n) is 6.10. The summed E-state index contributed by atoms with van der Waals surface area (Å²) in [6.07, 6.45) is -0.592. The predicted molar refractivity (Wildman–Crippen MR) is 107 cm³/mol. The molecule has 0 aliphatic heterocycles. The molecule has 0 aliphatic rings. The minimum absolute atomic E-state index is 0.0390. The largest absolute Gasteiger partial charge is 0.463 e. The molecule has 2 aromatic rings. The lowest BCUT2D eigenvalue weighted by atomic mass is 10.1. The topological polar surface area (TPSA) is 77.8 Å². The Bertz CT molecular complexity index is 861. The molecule has 0 saturated carbocycles. The van der Waals surface area contributed by atoms with Gasteiger partial charge in [0.15, 0.2) is 5.85 Å². The molecule has 0 spiro atoms. The molecule has 0 heterocycles. The van der Waals surface area contributed by atoms with Crippen LogP contribution in [0.4, 0.5) is 4.39 Å². The maximum Gasteiger partial charge on any atom is 0.359 e. The van der Waals surface area contributed by atoms with Crippen LogP contribution in [-0.2, 0) is 24.8 Å². The first-order valence-corrected chi connectivity index (χ1v) is 11.0. The average molecular weight is 421 g/mol. The standard InChI is InChI=1S/C21H25FNO5P/c1-4-25-29(24,26-5-2)16(3)27-21(13-17-9-7-6-8-10-17)28-20-12-11-19(22)14-18(20)15-23/h6-12,14,16,21H,4-5,13H2,1-3H3. The Hall–Kier alpha value is -2.23. The lowest BCUT2D eigenvalue weighted by molar-refractivity contribution is -0.0958. The third-order valence-electron chi connectivity index (χ3n) is 3.98. The number of ether oxygens (including phenoxy) is 2. The maximum atomic E-state index is 13.4. The van der Waals surface area contributed by atoms with Crippen molar-refractivity contribution in [3.63, 3.8) is 0 Å². The van der Waals surface area contributed by atoms with Crippen LogP contribution in [0.25, 0.3) is 0 Å². The van der Waals surface area contributed by atoms with Crippen LogP contribution in [-0.4, -0.2) is 25.3 Å². The maximum absolute atomic E-state index is 13.4. The fourth-order valence-corrected chi connectivity index (χ4v) is 4.16. The lowest BCUT2D eigenvalue weighted by Crippen LogP contribution is -2.29. The van der Waals surface area contributed by atoms with Gasteiger partial charge in [-0.1, -0.05) is 30.3 Å². The summed E-state index contributed by atoms with van der Waals surface area (Å²) in [5.41, 5.74) is 0.949. The van der Waals surface area contributed by atoms with Crippen molar-refractivity contribution < 1.29 is 27.5 Å². The minimum Gasteiger partial charge on any atom is -0.463 e. The zero-order chi connectivity index (χ0) is 21.3. The number of nitrogens with zero attached hydrogens (tertiary/aromatic N) is 1. The van der Waals surface area contributed by atoms with E-state index in [1.165, 1.54) is 12.1 Å². The van der Waals surface area contributed by atoms with E-state index in [-0.39, 0.29) is 24.5 Å². The highest BCUT2D eigenvalue weighted by Gasteiger charge is 2.35. The Morgan fingerprint density at radius 1 is 1.10 bits per heavy atom. The Labute approximate surface area is 170 Å². The molecule has 6 nitrogen and oxygen atoms in total. The molecule has 0 N–H and O–H groups in total. The molecule has 0 fully saturated rings. The summed E-state index contributed by atoms with van der Waals surface area (Å²) in [6.45, 7) is 5.42. The molecule has 29 heavy (non-hydrogen) atoms. The highest BCUT2D eigenvalue weighted by molar-refractivity contribution is 7.54. The number of hydrogen-bond acceptors (Lipinski definition) is 6. The van der Waals surface area contributed by atoms with Crippen LogP contribution in [0, 0.1) is 17.1 Å². The third-order valence-corrected chi connectivity index (χ3v) is 6.23. The van der Waals surface area contributed by atoms with Crippen molar-refractivity contribution in [2.45, 2.75) is 39.3 Å². The van der Waals surface area contributed by atoms with Crippen molar-refractivity contribution in [1.29, 1.82) is 5.26 Å². The second-order valence-corrected chi connectivity index (χ2v) is 8.42. The summed E-state index contributed by atoms with van der Waals surface area (Å²) in [6, 6.07) is 15.0. The summed E-state index contributed by atoms with van der Waals surface area (Å²) in [7, 11) is -3.53. The molecule has 0 bridgehead atoms. The van der Waals surface area contributed by atoms with Crippen LogP contribution in [0.2, 0.25) is 0 Å². The number of benzene rings is 2. The van der Waals surface area contributed by atoms with Crippen molar-refractivity contribution >= 4 is 7.60 Å². The molecule has 0 saturated heterocycles. The molecule has 2 rings (SSSR count). The van der Waals surface area contributed by atoms with Crippen LogP contribution < -0.4 is 4.74 Å². The van der Waals surface area contributed by atoms with Gasteiger partial charge in [0.1, 0.15) is 17.6 Å². The number of hydrogen-bond donors (Lipinski definition) is 0. The van der Waals surface area contributed by atoms with E-state index in [0.29, 0.717) is 6.42 Å². The highest BCUT2D eigenvalue weighted by Crippen LogP contribution is 2.53. The van der Waals surface area contributed by atoms with Gasteiger partial charge in [-0.2, -0.15) is 5.26 Å². The fraction of sp³-hybridized carbons (Fsp3) is 0.381. The van der Waals surface area contributed by atoms with Gasteiger partial charge in [-0.25, -0.2) is 4.39 Å². The van der Waals surface area contributed by atoms with Gasteiger partial charge in [0.05, 0.1) is 18.8 Å². The van der Waals surface area contributed by atoms with Crippen LogP contribution in [0.15, 0.2) is 48.5 Å². The molecule has 0 aromatic heterocycles. The summed E-state index contributed by atoms with van der Waals surface area (Å²) < 4.78 is 48.9. The summed E-state index contributed by atoms with van der Waals surface area (Å²) in [5.74, 6) is -1.29. The van der Waals surface area contributed by atoms with E-state index in [1.807, 2.05) is 36.4 Å². The molecule has 156 valence electrons. The van der Waals surface area contributed by atoms with Gasteiger partial charge >= 0.3 is 7.60 Å².